The van der Waals surface area contributed by atoms with Crippen LogP contribution >= 0.6 is 15.9 Å². The highest BCUT2D eigenvalue weighted by Crippen LogP contribution is 2.33. The number of hydrogen-bond acceptors (Lipinski definition) is 4. The summed E-state index contributed by atoms with van der Waals surface area (Å²) in [6, 6.07) is 11.2. The Bertz CT molecular complexity index is 864. The van der Waals surface area contributed by atoms with Crippen molar-refractivity contribution in [3.05, 3.63) is 58.1 Å². The highest BCUT2D eigenvalue weighted by atomic mass is 79.9. The number of halogens is 1. The predicted octanol–water partition coefficient (Wildman–Crippen LogP) is 1.56. The number of carbonyl (C=O) groups excluding carboxylic acids is 1. The van der Waals surface area contributed by atoms with Crippen molar-refractivity contribution in [1.82, 2.24) is 0 Å². The van der Waals surface area contributed by atoms with Crippen LogP contribution in [0.25, 0.3) is 0 Å². The van der Waals surface area contributed by atoms with Crippen LogP contribution in [0.2, 0.25) is 0 Å². The first kappa shape index (κ1) is 15.1. The molecule has 1 aliphatic heterocycles. The van der Waals surface area contributed by atoms with Gasteiger partial charge >= 0.3 is 0 Å². The van der Waals surface area contributed by atoms with Gasteiger partial charge in [-0.3, -0.25) is 4.31 Å². The monoisotopic (exact) mass is 380 g/mol. The van der Waals surface area contributed by atoms with Crippen molar-refractivity contribution in [2.24, 2.45) is 0 Å². The zero-order chi connectivity index (χ0) is 15.9. The lowest BCUT2D eigenvalue weighted by molar-refractivity contribution is -0.255. The minimum Gasteiger partial charge on any atom is -0.545 e. The van der Waals surface area contributed by atoms with Crippen LogP contribution in [0.5, 0.6) is 0 Å². The number of carboxylic acids is 1. The van der Waals surface area contributed by atoms with E-state index < -0.39 is 16.0 Å². The number of sulfonamides is 1. The molecule has 22 heavy (non-hydrogen) atoms. The number of benzene rings is 2. The van der Waals surface area contributed by atoms with Crippen LogP contribution in [-0.2, 0) is 16.4 Å². The van der Waals surface area contributed by atoms with Crippen molar-refractivity contribution in [2.75, 3.05) is 10.8 Å². The molecular weight excluding hydrogens is 370 g/mol. The summed E-state index contributed by atoms with van der Waals surface area (Å²) in [5, 5.41) is 11.1. The number of aromatic carboxylic acids is 1. The van der Waals surface area contributed by atoms with E-state index >= 15 is 0 Å². The Hall–Kier alpha value is -1.86. The number of fused-ring (bicyclic) bond motifs is 1. The van der Waals surface area contributed by atoms with Crippen LogP contribution in [0.1, 0.15) is 15.9 Å². The zero-order valence-corrected chi connectivity index (χ0v) is 13.7. The minimum atomic E-state index is -3.80. The number of anilines is 1. The highest BCUT2D eigenvalue weighted by molar-refractivity contribution is 9.10. The summed E-state index contributed by atoms with van der Waals surface area (Å²) in [5.74, 6) is -1.43. The van der Waals surface area contributed by atoms with Gasteiger partial charge in [0.2, 0.25) is 0 Å². The molecule has 0 fully saturated rings. The minimum absolute atomic E-state index is 0.0633. The first-order chi connectivity index (χ1) is 10.4. The van der Waals surface area contributed by atoms with Crippen LogP contribution in [0.3, 0.4) is 0 Å². The summed E-state index contributed by atoms with van der Waals surface area (Å²) in [5.41, 5.74) is 1.41. The standard InChI is InChI=1S/C15H12BrNO4S/c16-13-6-5-11(9-12(13)15(18)19)22(20,21)17-8-7-10-3-1-2-4-14(10)17/h1-6,9H,7-8H2,(H,18,19)/p-1. The lowest BCUT2D eigenvalue weighted by Crippen LogP contribution is -2.30. The number of nitrogens with zero attached hydrogens (tertiary/aromatic N) is 1. The summed E-state index contributed by atoms with van der Waals surface area (Å²) in [7, 11) is -3.80. The fourth-order valence-corrected chi connectivity index (χ4v) is 4.44. The molecule has 0 saturated heterocycles. The Morgan fingerprint density at radius 1 is 1.18 bits per heavy atom. The smallest absolute Gasteiger partial charge is 0.264 e. The summed E-state index contributed by atoms with van der Waals surface area (Å²) in [6.45, 7) is 0.346. The van der Waals surface area contributed by atoms with E-state index in [0.29, 0.717) is 18.7 Å². The van der Waals surface area contributed by atoms with Crippen molar-refractivity contribution in [3.63, 3.8) is 0 Å². The van der Waals surface area contributed by atoms with Gasteiger partial charge in [-0.2, -0.15) is 0 Å². The topological polar surface area (TPSA) is 77.5 Å². The lowest BCUT2D eigenvalue weighted by Gasteiger charge is -2.20. The van der Waals surface area contributed by atoms with Gasteiger partial charge in [0, 0.05) is 16.6 Å². The molecule has 0 unspecified atom stereocenters. The van der Waals surface area contributed by atoms with Crippen LogP contribution in [0.15, 0.2) is 51.8 Å². The van der Waals surface area contributed by atoms with E-state index in [1.807, 2.05) is 12.1 Å². The van der Waals surface area contributed by atoms with Gasteiger partial charge in [-0.1, -0.05) is 34.1 Å². The Morgan fingerprint density at radius 2 is 1.91 bits per heavy atom. The molecule has 5 nitrogen and oxygen atoms in total. The van der Waals surface area contributed by atoms with Gasteiger partial charge in [0.05, 0.1) is 16.6 Å². The Balaban J connectivity index is 2.09. The quantitative estimate of drug-likeness (QED) is 0.809. The predicted molar refractivity (Wildman–Crippen MR) is 83.2 cm³/mol. The van der Waals surface area contributed by atoms with E-state index in [9.17, 15) is 18.3 Å². The Kier molecular flexibility index (Phi) is 3.70. The van der Waals surface area contributed by atoms with Crippen molar-refractivity contribution in [1.29, 1.82) is 0 Å². The van der Waals surface area contributed by atoms with Crippen molar-refractivity contribution in [2.45, 2.75) is 11.3 Å². The van der Waals surface area contributed by atoms with Crippen LogP contribution in [0.4, 0.5) is 5.69 Å². The molecule has 2 aromatic carbocycles. The molecule has 7 heteroatoms. The zero-order valence-electron chi connectivity index (χ0n) is 11.3. The highest BCUT2D eigenvalue weighted by Gasteiger charge is 2.30. The third kappa shape index (κ3) is 2.40. The fraction of sp³-hybridized carbons (Fsp3) is 0.133. The number of carbonyl (C=O) groups is 1. The van der Waals surface area contributed by atoms with E-state index in [0.717, 1.165) is 11.6 Å². The second-order valence-corrected chi connectivity index (χ2v) is 7.60. The van der Waals surface area contributed by atoms with Crippen molar-refractivity contribution < 1.29 is 18.3 Å². The van der Waals surface area contributed by atoms with E-state index in [-0.39, 0.29) is 14.9 Å². The molecule has 0 aromatic heterocycles. The molecule has 0 amide bonds. The van der Waals surface area contributed by atoms with Gasteiger partial charge in [-0.15, -0.1) is 0 Å². The molecule has 0 saturated carbocycles. The second-order valence-electron chi connectivity index (χ2n) is 4.88. The first-order valence-electron chi connectivity index (χ1n) is 6.53. The van der Waals surface area contributed by atoms with Gasteiger partial charge in [-0.25, -0.2) is 8.42 Å². The maximum Gasteiger partial charge on any atom is 0.264 e. The maximum atomic E-state index is 12.8. The lowest BCUT2D eigenvalue weighted by atomic mass is 10.2. The molecule has 1 heterocycles. The third-order valence-corrected chi connectivity index (χ3v) is 6.09. The van der Waals surface area contributed by atoms with Crippen LogP contribution < -0.4 is 9.41 Å². The first-order valence-corrected chi connectivity index (χ1v) is 8.76. The summed E-state index contributed by atoms with van der Waals surface area (Å²) < 4.78 is 27.2. The molecule has 1 aliphatic rings. The third-order valence-electron chi connectivity index (χ3n) is 3.59. The van der Waals surface area contributed by atoms with E-state index in [1.165, 1.54) is 16.4 Å². The molecule has 2 aromatic rings. The molecule has 3 rings (SSSR count). The van der Waals surface area contributed by atoms with Crippen molar-refractivity contribution in [3.8, 4) is 0 Å². The molecule has 0 radical (unpaired) electrons. The normalized spacial score (nSPS) is 14.0. The number of rotatable bonds is 3. The molecule has 114 valence electrons. The molecule has 0 atom stereocenters. The van der Waals surface area contributed by atoms with Crippen LogP contribution in [0, 0.1) is 0 Å². The summed E-state index contributed by atoms with van der Waals surface area (Å²) in [4.78, 5) is 11.0. The average molecular weight is 381 g/mol. The van der Waals surface area contributed by atoms with Gasteiger partial charge < -0.3 is 9.90 Å². The number of hydrogen-bond donors (Lipinski definition) is 0. The number of para-hydroxylation sites is 1. The molecular formula is C15H11BrNO4S-. The molecule has 0 bridgehead atoms. The SMILES string of the molecule is O=C([O-])c1cc(S(=O)(=O)N2CCc3ccccc32)ccc1Br. The number of carboxylic acid groups (broad SMARTS) is 1. The summed E-state index contributed by atoms with van der Waals surface area (Å²) in [6.07, 6.45) is 0.638. The van der Waals surface area contributed by atoms with Gasteiger partial charge in [0.1, 0.15) is 0 Å². The van der Waals surface area contributed by atoms with Gasteiger partial charge in [-0.05, 0) is 36.2 Å². The van der Waals surface area contributed by atoms with Gasteiger partial charge in [0.25, 0.3) is 10.0 Å². The van der Waals surface area contributed by atoms with E-state index in [1.54, 1.807) is 12.1 Å². The molecule has 0 aliphatic carbocycles. The van der Waals surface area contributed by atoms with Crippen LogP contribution in [-0.4, -0.2) is 20.9 Å². The maximum absolute atomic E-state index is 12.8. The van der Waals surface area contributed by atoms with Crippen molar-refractivity contribution >= 4 is 37.6 Å². The average Bonchev–Trinajstić information content (AvgIpc) is 2.91. The Morgan fingerprint density at radius 3 is 2.64 bits per heavy atom. The fourth-order valence-electron chi connectivity index (χ4n) is 2.51. The largest absolute Gasteiger partial charge is 0.545 e. The Labute approximate surface area is 136 Å². The summed E-state index contributed by atoms with van der Waals surface area (Å²) >= 11 is 3.08. The van der Waals surface area contributed by atoms with E-state index in [4.69, 9.17) is 0 Å². The van der Waals surface area contributed by atoms with Gasteiger partial charge in [0.15, 0.2) is 0 Å². The second kappa shape index (κ2) is 5.40. The van der Waals surface area contributed by atoms with E-state index in [2.05, 4.69) is 15.9 Å². The molecule has 0 N–H and O–H groups in total. The molecule has 0 spiro atoms.